The Morgan fingerprint density at radius 1 is 1.18 bits per heavy atom. The van der Waals surface area contributed by atoms with Crippen LogP contribution in [0.5, 0.6) is 0 Å². The lowest BCUT2D eigenvalue weighted by Crippen LogP contribution is -2.31. The van der Waals surface area contributed by atoms with E-state index in [1.807, 2.05) is 0 Å². The average Bonchev–Trinajstić information content (AvgIpc) is 2.29. The zero-order valence-corrected chi connectivity index (χ0v) is 9.22. The molecule has 0 saturated heterocycles. The van der Waals surface area contributed by atoms with E-state index >= 15 is 0 Å². The van der Waals surface area contributed by atoms with Crippen molar-refractivity contribution in [2.24, 2.45) is 0 Å². The predicted octanol–water partition coefficient (Wildman–Crippen LogP) is -1.25. The lowest BCUT2D eigenvalue weighted by molar-refractivity contribution is 0.162. The van der Waals surface area contributed by atoms with Crippen LogP contribution in [0.15, 0.2) is 36.9 Å². The summed E-state index contributed by atoms with van der Waals surface area (Å²) in [5.74, 6) is 0.386. The van der Waals surface area contributed by atoms with Gasteiger partial charge in [-0.05, 0) is 19.1 Å². The molecule has 1 aliphatic rings. The summed E-state index contributed by atoms with van der Waals surface area (Å²) in [6.07, 6.45) is 9.16. The maximum atomic E-state index is 9.65. The fourth-order valence-corrected chi connectivity index (χ4v) is 1.30. The molecule has 1 aromatic rings. The minimum atomic E-state index is -1.57. The molecule has 2 heterocycles. The fraction of sp³-hybridized carbons (Fsp3) is 0.200. The maximum Gasteiger partial charge on any atom is 0.491 e. The minimum Gasteiger partial charge on any atom is -0.423 e. The summed E-state index contributed by atoms with van der Waals surface area (Å²) in [7, 11) is -1.57. The highest BCUT2D eigenvalue weighted by molar-refractivity contribution is 6.58. The first-order chi connectivity index (χ1) is 7.98. The molecule has 6 nitrogen and oxygen atoms in total. The van der Waals surface area contributed by atoms with Crippen molar-refractivity contribution in [3.05, 3.63) is 36.9 Å². The number of hydrogen-bond acceptors (Lipinski definition) is 6. The highest BCUT2D eigenvalue weighted by Crippen LogP contribution is 2.17. The van der Waals surface area contributed by atoms with E-state index in [0.717, 1.165) is 0 Å². The summed E-state index contributed by atoms with van der Waals surface area (Å²) in [5, 5.41) is 27.4. The van der Waals surface area contributed by atoms with Gasteiger partial charge in [0.15, 0.2) is 0 Å². The topological polar surface area (TPSA) is 89.7 Å². The van der Waals surface area contributed by atoms with Crippen LogP contribution < -0.4 is 10.4 Å². The van der Waals surface area contributed by atoms with E-state index < -0.39 is 12.7 Å². The largest absolute Gasteiger partial charge is 0.491 e. The summed E-state index contributed by atoms with van der Waals surface area (Å²) in [6, 6.07) is 0. The molecule has 0 spiro atoms. The Labute approximate surface area is 98.7 Å². The molecule has 0 aromatic carbocycles. The van der Waals surface area contributed by atoms with Crippen molar-refractivity contribution in [2.75, 3.05) is 4.90 Å². The Bertz CT molecular complexity index is 440. The Hall–Kier alpha value is -1.70. The van der Waals surface area contributed by atoms with E-state index in [1.54, 1.807) is 36.4 Å². The average molecular weight is 233 g/mol. The number of aromatic nitrogens is 2. The van der Waals surface area contributed by atoms with Crippen LogP contribution in [0, 0.1) is 0 Å². The number of anilines is 1. The quantitative estimate of drug-likeness (QED) is 0.553. The van der Waals surface area contributed by atoms with Gasteiger partial charge >= 0.3 is 7.12 Å². The zero-order valence-electron chi connectivity index (χ0n) is 9.22. The minimum absolute atomic E-state index is 0.228. The Balaban J connectivity index is 2.17. The lowest BCUT2D eigenvalue weighted by Gasteiger charge is -2.23. The smallest absolute Gasteiger partial charge is 0.423 e. The van der Waals surface area contributed by atoms with Crippen LogP contribution in [-0.2, 0) is 0 Å². The molecule has 3 N–H and O–H groups in total. The molecule has 88 valence electrons. The van der Waals surface area contributed by atoms with E-state index in [4.69, 9.17) is 10.0 Å². The number of aliphatic hydroxyl groups is 1. The molecule has 0 bridgehead atoms. The van der Waals surface area contributed by atoms with Gasteiger partial charge in [0, 0.05) is 30.3 Å². The Morgan fingerprint density at radius 3 is 2.18 bits per heavy atom. The monoisotopic (exact) mass is 233 g/mol. The normalized spacial score (nSPS) is 17.3. The summed E-state index contributed by atoms with van der Waals surface area (Å²) < 4.78 is 0. The molecular weight excluding hydrogens is 221 g/mol. The van der Waals surface area contributed by atoms with Crippen molar-refractivity contribution in [1.82, 2.24) is 9.97 Å². The second kappa shape index (κ2) is 4.29. The predicted molar refractivity (Wildman–Crippen MR) is 63.2 cm³/mol. The van der Waals surface area contributed by atoms with Crippen LogP contribution in [-0.4, -0.2) is 37.8 Å². The van der Waals surface area contributed by atoms with Gasteiger partial charge < -0.3 is 15.2 Å². The SMILES string of the molecule is CC1(O)C=CN(c2ncc(B(O)O)cn2)C=C1. The van der Waals surface area contributed by atoms with Gasteiger partial charge in [-0.2, -0.15) is 0 Å². The van der Waals surface area contributed by atoms with Crippen LogP contribution in [0.3, 0.4) is 0 Å². The van der Waals surface area contributed by atoms with Crippen LogP contribution >= 0.6 is 0 Å². The van der Waals surface area contributed by atoms with E-state index in [9.17, 15) is 5.11 Å². The molecule has 0 saturated carbocycles. The van der Waals surface area contributed by atoms with Gasteiger partial charge in [-0.1, -0.05) is 0 Å². The standard InChI is InChI=1S/C10H12BN3O3/c1-10(15)2-4-14(5-3-10)9-12-6-8(7-13-9)11(16)17/h2-7,15-17H,1H3. The number of hydrogen-bond donors (Lipinski definition) is 3. The summed E-state index contributed by atoms with van der Waals surface area (Å²) >= 11 is 0. The molecule has 0 unspecified atom stereocenters. The molecule has 1 aliphatic heterocycles. The highest BCUT2D eigenvalue weighted by atomic mass is 16.4. The Morgan fingerprint density at radius 2 is 1.71 bits per heavy atom. The first-order valence-electron chi connectivity index (χ1n) is 5.05. The van der Waals surface area contributed by atoms with Crippen LogP contribution in [0.1, 0.15) is 6.92 Å². The molecule has 0 fully saturated rings. The molecule has 7 heteroatoms. The van der Waals surface area contributed by atoms with Crippen molar-refractivity contribution in [3.8, 4) is 0 Å². The van der Waals surface area contributed by atoms with Gasteiger partial charge in [0.2, 0.25) is 5.95 Å². The fourth-order valence-electron chi connectivity index (χ4n) is 1.30. The van der Waals surface area contributed by atoms with E-state index in [2.05, 4.69) is 9.97 Å². The van der Waals surface area contributed by atoms with Gasteiger partial charge in [-0.3, -0.25) is 4.90 Å². The van der Waals surface area contributed by atoms with Crippen molar-refractivity contribution in [1.29, 1.82) is 0 Å². The molecular formula is C10H12BN3O3. The highest BCUT2D eigenvalue weighted by Gasteiger charge is 2.18. The van der Waals surface area contributed by atoms with Gasteiger partial charge in [0.25, 0.3) is 0 Å². The van der Waals surface area contributed by atoms with E-state index in [-0.39, 0.29) is 5.46 Å². The van der Waals surface area contributed by atoms with Crippen molar-refractivity contribution >= 4 is 18.5 Å². The van der Waals surface area contributed by atoms with Crippen molar-refractivity contribution in [3.63, 3.8) is 0 Å². The van der Waals surface area contributed by atoms with Gasteiger partial charge in [0.1, 0.15) is 5.60 Å². The molecule has 2 rings (SSSR count). The third-order valence-electron chi connectivity index (χ3n) is 2.33. The summed E-state index contributed by atoms with van der Waals surface area (Å²) in [5.41, 5.74) is -0.733. The summed E-state index contributed by atoms with van der Waals surface area (Å²) in [6.45, 7) is 1.66. The van der Waals surface area contributed by atoms with Crippen molar-refractivity contribution in [2.45, 2.75) is 12.5 Å². The molecule has 0 aliphatic carbocycles. The van der Waals surface area contributed by atoms with Gasteiger partial charge in [-0.15, -0.1) is 0 Å². The third kappa shape index (κ3) is 2.70. The second-order valence-corrected chi connectivity index (χ2v) is 3.95. The van der Waals surface area contributed by atoms with Gasteiger partial charge in [-0.25, -0.2) is 9.97 Å². The van der Waals surface area contributed by atoms with Crippen LogP contribution in [0.25, 0.3) is 0 Å². The number of rotatable bonds is 2. The number of nitrogens with zero attached hydrogens (tertiary/aromatic N) is 3. The molecule has 0 atom stereocenters. The Kier molecular flexibility index (Phi) is 2.97. The third-order valence-corrected chi connectivity index (χ3v) is 2.33. The molecule has 17 heavy (non-hydrogen) atoms. The zero-order chi connectivity index (χ0) is 12.5. The first kappa shape index (κ1) is 11.8. The van der Waals surface area contributed by atoms with E-state index in [1.165, 1.54) is 12.4 Å². The first-order valence-corrected chi connectivity index (χ1v) is 5.05. The molecule has 0 radical (unpaired) electrons. The second-order valence-electron chi connectivity index (χ2n) is 3.95. The molecule has 0 amide bonds. The summed E-state index contributed by atoms with van der Waals surface area (Å²) in [4.78, 5) is 9.58. The van der Waals surface area contributed by atoms with Crippen LogP contribution in [0.4, 0.5) is 5.95 Å². The van der Waals surface area contributed by atoms with Crippen molar-refractivity contribution < 1.29 is 15.2 Å². The van der Waals surface area contributed by atoms with E-state index in [0.29, 0.717) is 5.95 Å². The van der Waals surface area contributed by atoms with Crippen LogP contribution in [0.2, 0.25) is 0 Å². The van der Waals surface area contributed by atoms with Gasteiger partial charge in [0.05, 0.1) is 0 Å². The maximum absolute atomic E-state index is 9.65. The molecule has 1 aromatic heterocycles. The lowest BCUT2D eigenvalue weighted by atomic mass is 9.83.